The predicted molar refractivity (Wildman–Crippen MR) is 91.0 cm³/mol. The van der Waals surface area contributed by atoms with E-state index in [1.165, 1.54) is 20.9 Å². The first kappa shape index (κ1) is 16.1. The van der Waals surface area contributed by atoms with Gasteiger partial charge in [-0.15, -0.1) is 0 Å². The Morgan fingerprint density at radius 1 is 1.14 bits per heavy atom. The lowest BCUT2D eigenvalue weighted by Gasteiger charge is -2.15. The van der Waals surface area contributed by atoms with Crippen LogP contribution in [0.3, 0.4) is 0 Å². The van der Waals surface area contributed by atoms with Gasteiger partial charge in [0.2, 0.25) is 0 Å². The van der Waals surface area contributed by atoms with Gasteiger partial charge in [-0.05, 0) is 56.1 Å². The van der Waals surface area contributed by atoms with Crippen molar-refractivity contribution in [2.45, 2.75) is 49.9 Å². The predicted octanol–water partition coefficient (Wildman–Crippen LogP) is 4.91. The first-order chi connectivity index (χ1) is 10.1. The minimum Gasteiger partial charge on any atom is -0.309 e. The number of hydrogen-bond donors (Lipinski definition) is 1. The number of nitrogens with zero attached hydrogens (tertiary/aromatic N) is 1. The number of benzene rings is 1. The van der Waals surface area contributed by atoms with Crippen LogP contribution in [0.4, 0.5) is 0 Å². The van der Waals surface area contributed by atoms with E-state index in [1.54, 1.807) is 11.8 Å². The van der Waals surface area contributed by atoms with Crippen molar-refractivity contribution in [1.82, 2.24) is 10.3 Å². The van der Waals surface area contributed by atoms with Gasteiger partial charge < -0.3 is 5.32 Å². The fraction of sp³-hybridized carbons (Fsp3) is 0.389. The molecule has 1 aromatic carbocycles. The van der Waals surface area contributed by atoms with E-state index in [-0.39, 0.29) is 0 Å². The average molecular weight is 300 g/mol. The second-order valence-electron chi connectivity index (χ2n) is 5.31. The normalized spacial score (nSPS) is 12.4. The molecule has 1 atom stereocenters. The number of aromatic nitrogens is 1. The Kier molecular flexibility index (Phi) is 5.83. The molecule has 21 heavy (non-hydrogen) atoms. The Bertz CT molecular complexity index is 578. The zero-order valence-electron chi connectivity index (χ0n) is 13.3. The summed E-state index contributed by atoms with van der Waals surface area (Å²) in [5.74, 6) is 0. The number of hydrogen-bond acceptors (Lipinski definition) is 3. The highest BCUT2D eigenvalue weighted by atomic mass is 32.2. The van der Waals surface area contributed by atoms with Crippen molar-refractivity contribution >= 4 is 11.8 Å². The number of aryl methyl sites for hydroxylation is 2. The summed E-state index contributed by atoms with van der Waals surface area (Å²) in [7, 11) is 0. The maximum atomic E-state index is 4.63. The first-order valence-electron chi connectivity index (χ1n) is 7.58. The molecule has 112 valence electrons. The summed E-state index contributed by atoms with van der Waals surface area (Å²) in [4.78, 5) is 7.14. The van der Waals surface area contributed by atoms with Crippen molar-refractivity contribution < 1.29 is 0 Å². The lowest BCUT2D eigenvalue weighted by Crippen LogP contribution is -2.20. The highest BCUT2D eigenvalue weighted by Crippen LogP contribution is 2.31. The molecule has 2 nitrogen and oxygen atoms in total. The molecule has 1 heterocycles. The van der Waals surface area contributed by atoms with Crippen LogP contribution in [0.5, 0.6) is 0 Å². The SMILES string of the molecule is CCNC(CC)c1ccc(Sc2cc(C)ccc2C)cn1. The smallest absolute Gasteiger partial charge is 0.0573 e. The van der Waals surface area contributed by atoms with Crippen molar-refractivity contribution in [1.29, 1.82) is 0 Å². The van der Waals surface area contributed by atoms with E-state index in [0.717, 1.165) is 18.7 Å². The lowest BCUT2D eigenvalue weighted by molar-refractivity contribution is 0.524. The van der Waals surface area contributed by atoms with E-state index in [1.807, 2.05) is 6.20 Å². The van der Waals surface area contributed by atoms with Gasteiger partial charge in [0.15, 0.2) is 0 Å². The third-order valence-corrected chi connectivity index (χ3v) is 4.68. The van der Waals surface area contributed by atoms with Crippen molar-refractivity contribution in [2.24, 2.45) is 0 Å². The minimum atomic E-state index is 0.356. The Balaban J connectivity index is 2.13. The van der Waals surface area contributed by atoms with Crippen LogP contribution in [0.25, 0.3) is 0 Å². The topological polar surface area (TPSA) is 24.9 Å². The van der Waals surface area contributed by atoms with E-state index in [4.69, 9.17) is 0 Å². The van der Waals surface area contributed by atoms with Crippen LogP contribution in [0.15, 0.2) is 46.3 Å². The molecule has 0 spiro atoms. The van der Waals surface area contributed by atoms with Gasteiger partial charge in [-0.2, -0.15) is 0 Å². The zero-order chi connectivity index (χ0) is 15.2. The summed E-state index contributed by atoms with van der Waals surface area (Å²) in [5, 5.41) is 3.47. The summed E-state index contributed by atoms with van der Waals surface area (Å²) in [6, 6.07) is 11.2. The molecule has 0 aliphatic carbocycles. The van der Waals surface area contributed by atoms with Gasteiger partial charge in [0, 0.05) is 22.0 Å². The molecular formula is C18H24N2S. The summed E-state index contributed by atoms with van der Waals surface area (Å²) in [6.45, 7) is 9.58. The third kappa shape index (κ3) is 4.32. The van der Waals surface area contributed by atoms with Gasteiger partial charge in [-0.1, -0.05) is 37.7 Å². The second-order valence-corrected chi connectivity index (χ2v) is 6.42. The largest absolute Gasteiger partial charge is 0.309 e. The van der Waals surface area contributed by atoms with Gasteiger partial charge in [-0.25, -0.2) is 0 Å². The van der Waals surface area contributed by atoms with Gasteiger partial charge in [0.25, 0.3) is 0 Å². The van der Waals surface area contributed by atoms with E-state index >= 15 is 0 Å². The quantitative estimate of drug-likeness (QED) is 0.820. The van der Waals surface area contributed by atoms with Crippen LogP contribution < -0.4 is 5.32 Å². The van der Waals surface area contributed by atoms with Crippen molar-refractivity contribution in [3.63, 3.8) is 0 Å². The molecule has 0 aliphatic rings. The number of rotatable bonds is 6. The van der Waals surface area contributed by atoms with Crippen LogP contribution in [-0.2, 0) is 0 Å². The van der Waals surface area contributed by atoms with Gasteiger partial charge in [0.1, 0.15) is 0 Å². The average Bonchev–Trinajstić information content (AvgIpc) is 2.49. The van der Waals surface area contributed by atoms with Crippen LogP contribution in [0, 0.1) is 13.8 Å². The highest BCUT2D eigenvalue weighted by molar-refractivity contribution is 7.99. The lowest BCUT2D eigenvalue weighted by atomic mass is 10.1. The fourth-order valence-corrected chi connectivity index (χ4v) is 3.28. The van der Waals surface area contributed by atoms with Gasteiger partial charge in [0.05, 0.1) is 5.69 Å². The van der Waals surface area contributed by atoms with E-state index in [9.17, 15) is 0 Å². The summed E-state index contributed by atoms with van der Waals surface area (Å²) in [6.07, 6.45) is 3.05. The van der Waals surface area contributed by atoms with Crippen molar-refractivity contribution in [3.8, 4) is 0 Å². The Morgan fingerprint density at radius 3 is 2.57 bits per heavy atom. The van der Waals surface area contributed by atoms with Crippen LogP contribution in [0.1, 0.15) is 43.1 Å². The summed E-state index contributed by atoms with van der Waals surface area (Å²) < 4.78 is 0. The molecule has 2 rings (SSSR count). The molecule has 2 aromatic rings. The van der Waals surface area contributed by atoms with Gasteiger partial charge >= 0.3 is 0 Å². The molecule has 0 radical (unpaired) electrons. The van der Waals surface area contributed by atoms with Crippen LogP contribution in [-0.4, -0.2) is 11.5 Å². The molecular weight excluding hydrogens is 276 g/mol. The van der Waals surface area contributed by atoms with Gasteiger partial charge in [-0.3, -0.25) is 4.98 Å². The van der Waals surface area contributed by atoms with Crippen LogP contribution in [0.2, 0.25) is 0 Å². The highest BCUT2D eigenvalue weighted by Gasteiger charge is 2.09. The summed E-state index contributed by atoms with van der Waals surface area (Å²) >= 11 is 1.79. The first-order valence-corrected chi connectivity index (χ1v) is 8.40. The molecule has 0 amide bonds. The molecule has 0 saturated heterocycles. The Labute approximate surface area is 132 Å². The molecule has 0 bridgehead atoms. The molecule has 0 aliphatic heterocycles. The minimum absolute atomic E-state index is 0.356. The second kappa shape index (κ2) is 7.62. The zero-order valence-corrected chi connectivity index (χ0v) is 14.1. The number of pyridine rings is 1. The molecule has 1 unspecified atom stereocenters. The maximum Gasteiger partial charge on any atom is 0.0573 e. The van der Waals surface area contributed by atoms with Crippen molar-refractivity contribution in [3.05, 3.63) is 53.3 Å². The maximum absolute atomic E-state index is 4.63. The molecule has 0 saturated carbocycles. The standard InChI is InChI=1S/C18H24N2S/c1-5-16(19-6-2)17-10-9-15(12-20-17)21-18-11-13(3)7-8-14(18)4/h7-12,16,19H,5-6H2,1-4H3. The molecule has 1 N–H and O–H groups in total. The van der Waals surface area contributed by atoms with E-state index in [0.29, 0.717) is 6.04 Å². The third-order valence-electron chi connectivity index (χ3n) is 3.55. The summed E-state index contributed by atoms with van der Waals surface area (Å²) in [5.41, 5.74) is 3.74. The molecule has 0 fully saturated rings. The van der Waals surface area contributed by atoms with Crippen LogP contribution >= 0.6 is 11.8 Å². The molecule has 3 heteroatoms. The molecule has 1 aromatic heterocycles. The fourth-order valence-electron chi connectivity index (χ4n) is 2.31. The van der Waals surface area contributed by atoms with Crippen molar-refractivity contribution in [2.75, 3.05) is 6.54 Å². The monoisotopic (exact) mass is 300 g/mol. The Hall–Kier alpha value is -1.32. The number of nitrogens with one attached hydrogen (secondary N) is 1. The Morgan fingerprint density at radius 2 is 1.95 bits per heavy atom. The van der Waals surface area contributed by atoms with E-state index < -0.39 is 0 Å². The van der Waals surface area contributed by atoms with E-state index in [2.05, 4.69) is 68.3 Å².